The second-order valence-electron chi connectivity index (χ2n) is 8.35. The molecular weight excluding hydrogens is 455 g/mol. The third-order valence-electron chi connectivity index (χ3n) is 5.98. The maximum Gasteiger partial charge on any atom is 0.266 e. The van der Waals surface area contributed by atoms with Gasteiger partial charge in [0.1, 0.15) is 17.5 Å². The normalized spacial score (nSPS) is 11.3. The molecule has 2 heterocycles. The highest BCUT2D eigenvalue weighted by Crippen LogP contribution is 2.30. The van der Waals surface area contributed by atoms with Crippen molar-refractivity contribution in [1.82, 2.24) is 14.5 Å². The number of aromatic nitrogens is 3. The van der Waals surface area contributed by atoms with Gasteiger partial charge in [0.25, 0.3) is 12.0 Å². The molecule has 0 fully saturated rings. The Balaban J connectivity index is 1.71. The van der Waals surface area contributed by atoms with E-state index >= 15 is 0 Å². The summed E-state index contributed by atoms with van der Waals surface area (Å²) < 4.78 is 42.2. The molecule has 0 spiro atoms. The van der Waals surface area contributed by atoms with Gasteiger partial charge in [0.2, 0.25) is 0 Å². The van der Waals surface area contributed by atoms with Crippen molar-refractivity contribution >= 4 is 28.1 Å². The van der Waals surface area contributed by atoms with Crippen molar-refractivity contribution in [2.24, 2.45) is 7.05 Å². The zero-order valence-electron chi connectivity index (χ0n) is 19.9. The molecule has 0 amide bonds. The first kappa shape index (κ1) is 24.3. The minimum absolute atomic E-state index is 0.0152. The van der Waals surface area contributed by atoms with Crippen LogP contribution >= 0.6 is 0 Å². The molecule has 0 bridgehead atoms. The van der Waals surface area contributed by atoms with Gasteiger partial charge in [-0.15, -0.1) is 0 Å². The molecule has 0 unspecified atom stereocenters. The second kappa shape index (κ2) is 9.77. The number of pyridine rings is 1. The second-order valence-corrected chi connectivity index (χ2v) is 8.35. The van der Waals surface area contributed by atoms with Gasteiger partial charge >= 0.3 is 0 Å². The monoisotopic (exact) mass is 481 g/mol. The Morgan fingerprint density at radius 3 is 2.57 bits per heavy atom. The van der Waals surface area contributed by atoms with Crippen molar-refractivity contribution in [3.8, 4) is 0 Å². The fraction of sp³-hybridized carbons (Fsp3) is 0.269. The highest BCUT2D eigenvalue weighted by Gasteiger charge is 2.17. The van der Waals surface area contributed by atoms with Crippen LogP contribution in [0.4, 0.5) is 30.4 Å². The molecule has 35 heavy (non-hydrogen) atoms. The molecule has 0 aliphatic carbocycles. The third kappa shape index (κ3) is 4.84. The molecule has 6 nitrogen and oxygen atoms in total. The number of hydrogen-bond acceptors (Lipinski definition) is 5. The average Bonchev–Trinajstić information content (AvgIpc) is 2.83. The summed E-state index contributed by atoms with van der Waals surface area (Å²) in [4.78, 5) is 23.2. The zero-order chi connectivity index (χ0) is 25.3. The van der Waals surface area contributed by atoms with Gasteiger partial charge in [-0.3, -0.25) is 4.79 Å². The van der Waals surface area contributed by atoms with E-state index < -0.39 is 17.8 Å². The lowest BCUT2D eigenvalue weighted by atomic mass is 10.1. The molecule has 2 aromatic heterocycles. The first-order valence-corrected chi connectivity index (χ1v) is 11.2. The first-order chi connectivity index (χ1) is 16.7. The molecule has 1 N–H and O–H groups in total. The Morgan fingerprint density at radius 2 is 1.86 bits per heavy atom. The summed E-state index contributed by atoms with van der Waals surface area (Å²) in [7, 11) is 3.62. The molecule has 182 valence electrons. The van der Waals surface area contributed by atoms with Crippen molar-refractivity contribution in [2.45, 2.75) is 33.2 Å². The molecule has 0 radical (unpaired) electrons. The SMILES string of the molecule is CCc1cc(N(C)c2ccc3nc(C)nc(NCc4cccc(C(F)F)c4F)c3c2)cn(C)c1=O. The highest BCUT2D eigenvalue weighted by atomic mass is 19.3. The minimum atomic E-state index is -2.89. The van der Waals surface area contributed by atoms with E-state index in [9.17, 15) is 18.0 Å². The predicted molar refractivity (Wildman–Crippen MR) is 132 cm³/mol. The van der Waals surface area contributed by atoms with E-state index in [0.717, 1.165) is 17.4 Å². The van der Waals surface area contributed by atoms with E-state index in [0.29, 0.717) is 34.5 Å². The molecule has 0 atom stereocenters. The highest BCUT2D eigenvalue weighted by molar-refractivity contribution is 5.92. The van der Waals surface area contributed by atoms with Crippen molar-refractivity contribution < 1.29 is 13.2 Å². The molecule has 0 saturated carbocycles. The van der Waals surface area contributed by atoms with Gasteiger partial charge in [0.05, 0.1) is 16.8 Å². The molecule has 0 aliphatic rings. The van der Waals surface area contributed by atoms with Crippen LogP contribution in [0.1, 0.15) is 35.9 Å². The number of benzene rings is 2. The van der Waals surface area contributed by atoms with Gasteiger partial charge in [-0.05, 0) is 37.6 Å². The maximum absolute atomic E-state index is 14.5. The number of fused-ring (bicyclic) bond motifs is 1. The summed E-state index contributed by atoms with van der Waals surface area (Å²) in [6.07, 6.45) is -0.493. The Bertz CT molecular complexity index is 1450. The summed E-state index contributed by atoms with van der Waals surface area (Å²) in [5.74, 6) is 0.0692. The van der Waals surface area contributed by atoms with Crippen LogP contribution in [0.3, 0.4) is 0 Å². The minimum Gasteiger partial charge on any atom is -0.365 e. The Labute approximate surface area is 201 Å². The molecular formula is C26H26F3N5O. The third-order valence-corrected chi connectivity index (χ3v) is 5.98. The summed E-state index contributed by atoms with van der Waals surface area (Å²) in [5, 5.41) is 3.79. The van der Waals surface area contributed by atoms with Crippen LogP contribution in [-0.2, 0) is 20.0 Å². The smallest absolute Gasteiger partial charge is 0.266 e. The number of rotatable bonds is 7. The van der Waals surface area contributed by atoms with Crippen molar-refractivity contribution in [2.75, 3.05) is 17.3 Å². The number of anilines is 3. The Morgan fingerprint density at radius 1 is 1.09 bits per heavy atom. The van der Waals surface area contributed by atoms with Crippen LogP contribution in [-0.4, -0.2) is 21.6 Å². The average molecular weight is 482 g/mol. The fourth-order valence-corrected chi connectivity index (χ4v) is 4.01. The quantitative estimate of drug-likeness (QED) is 0.369. The lowest BCUT2D eigenvalue weighted by Gasteiger charge is -2.22. The molecule has 4 aromatic rings. The van der Waals surface area contributed by atoms with Gasteiger partial charge < -0.3 is 14.8 Å². The molecule has 2 aromatic carbocycles. The largest absolute Gasteiger partial charge is 0.365 e. The number of nitrogens with zero attached hydrogens (tertiary/aromatic N) is 4. The van der Waals surface area contributed by atoms with Crippen LogP contribution in [0.2, 0.25) is 0 Å². The van der Waals surface area contributed by atoms with Gasteiger partial charge in [-0.2, -0.15) is 0 Å². The van der Waals surface area contributed by atoms with Gasteiger partial charge in [-0.25, -0.2) is 23.1 Å². The Kier molecular flexibility index (Phi) is 6.77. The zero-order valence-corrected chi connectivity index (χ0v) is 19.9. The van der Waals surface area contributed by atoms with E-state index in [1.807, 2.05) is 43.1 Å². The van der Waals surface area contributed by atoms with Crippen molar-refractivity contribution in [3.63, 3.8) is 0 Å². The van der Waals surface area contributed by atoms with Crippen LogP contribution < -0.4 is 15.8 Å². The lowest BCUT2D eigenvalue weighted by Crippen LogP contribution is -2.22. The van der Waals surface area contributed by atoms with Crippen LogP contribution in [0.5, 0.6) is 0 Å². The lowest BCUT2D eigenvalue weighted by molar-refractivity contribution is 0.146. The maximum atomic E-state index is 14.5. The molecule has 0 saturated heterocycles. The number of nitrogens with one attached hydrogen (secondary N) is 1. The number of aryl methyl sites for hydroxylation is 3. The summed E-state index contributed by atoms with van der Waals surface area (Å²) in [6.45, 7) is 3.67. The van der Waals surface area contributed by atoms with E-state index in [1.165, 1.54) is 12.1 Å². The standard InChI is InChI=1S/C26H26F3N5O/c1-5-16-11-19(14-33(3)26(16)35)34(4)18-9-10-22-21(12-18)25(32-15(2)31-22)30-13-17-7-6-8-20(23(17)27)24(28)29/h6-12,14,24H,5,13H2,1-4H3,(H,30,31,32). The fourth-order valence-electron chi connectivity index (χ4n) is 4.01. The van der Waals surface area contributed by atoms with E-state index in [-0.39, 0.29) is 17.7 Å². The number of hydrogen-bond donors (Lipinski definition) is 1. The van der Waals surface area contributed by atoms with Gasteiger partial charge in [0.15, 0.2) is 0 Å². The summed E-state index contributed by atoms with van der Waals surface area (Å²) >= 11 is 0. The van der Waals surface area contributed by atoms with Crippen LogP contribution in [0.15, 0.2) is 53.5 Å². The summed E-state index contributed by atoms with van der Waals surface area (Å²) in [6, 6.07) is 11.5. The van der Waals surface area contributed by atoms with Gasteiger partial charge in [0, 0.05) is 49.0 Å². The molecule has 0 aliphatic heterocycles. The Hall–Kier alpha value is -3.88. The predicted octanol–water partition coefficient (Wildman–Crippen LogP) is 5.66. The molecule has 9 heteroatoms. The van der Waals surface area contributed by atoms with E-state index in [1.54, 1.807) is 24.7 Å². The first-order valence-electron chi connectivity index (χ1n) is 11.2. The summed E-state index contributed by atoms with van der Waals surface area (Å²) in [5.41, 5.74) is 2.55. The number of alkyl halides is 2. The topological polar surface area (TPSA) is 63.1 Å². The van der Waals surface area contributed by atoms with Crippen LogP contribution in [0, 0.1) is 12.7 Å². The van der Waals surface area contributed by atoms with E-state index in [4.69, 9.17) is 0 Å². The van der Waals surface area contributed by atoms with Crippen molar-refractivity contribution in [3.05, 3.63) is 87.3 Å². The van der Waals surface area contributed by atoms with Crippen molar-refractivity contribution in [1.29, 1.82) is 0 Å². The van der Waals surface area contributed by atoms with Gasteiger partial charge in [-0.1, -0.05) is 25.1 Å². The number of halogens is 3. The molecule has 4 rings (SSSR count). The van der Waals surface area contributed by atoms with Crippen LogP contribution in [0.25, 0.3) is 10.9 Å². The van der Waals surface area contributed by atoms with E-state index in [2.05, 4.69) is 15.3 Å².